The highest BCUT2D eigenvalue weighted by atomic mass is 35.5. The second kappa shape index (κ2) is 3.90. The van der Waals surface area contributed by atoms with E-state index in [1.165, 1.54) is 0 Å². The lowest BCUT2D eigenvalue weighted by Gasteiger charge is -2.01. The van der Waals surface area contributed by atoms with Crippen LogP contribution in [0.3, 0.4) is 0 Å². The Kier molecular flexibility index (Phi) is 2.49. The molecule has 3 nitrogen and oxygen atoms in total. The first-order valence-electron chi connectivity index (χ1n) is 5.01. The van der Waals surface area contributed by atoms with Gasteiger partial charge in [-0.15, -0.1) is 0 Å². The SMILES string of the molecule is CPn1c2cnc(Cl)c(F)c2c2cccnc21. The average Bonchev–Trinajstić information content (AvgIpc) is 2.68. The maximum atomic E-state index is 14.0. The van der Waals surface area contributed by atoms with E-state index in [1.54, 1.807) is 18.5 Å². The van der Waals surface area contributed by atoms with Crippen LogP contribution in [0.15, 0.2) is 24.5 Å². The Morgan fingerprint density at radius 1 is 1.41 bits per heavy atom. The smallest absolute Gasteiger partial charge is 0.170 e. The van der Waals surface area contributed by atoms with Gasteiger partial charge in [0.25, 0.3) is 0 Å². The molecule has 0 amide bonds. The first-order chi connectivity index (χ1) is 8.24. The van der Waals surface area contributed by atoms with E-state index in [1.807, 2.05) is 17.1 Å². The number of hydrogen-bond donors (Lipinski definition) is 0. The van der Waals surface area contributed by atoms with Gasteiger partial charge in [0, 0.05) is 11.6 Å². The molecule has 0 saturated carbocycles. The van der Waals surface area contributed by atoms with Crippen LogP contribution < -0.4 is 0 Å². The van der Waals surface area contributed by atoms with Crippen molar-refractivity contribution in [3.8, 4) is 0 Å². The third kappa shape index (κ3) is 1.44. The van der Waals surface area contributed by atoms with Crippen molar-refractivity contribution in [3.63, 3.8) is 0 Å². The van der Waals surface area contributed by atoms with E-state index in [9.17, 15) is 4.39 Å². The summed E-state index contributed by atoms with van der Waals surface area (Å²) in [5.41, 5.74) is 1.51. The van der Waals surface area contributed by atoms with Crippen molar-refractivity contribution in [1.82, 2.24) is 14.3 Å². The van der Waals surface area contributed by atoms with Gasteiger partial charge in [0.2, 0.25) is 0 Å². The van der Waals surface area contributed by atoms with Gasteiger partial charge >= 0.3 is 0 Å². The minimum absolute atomic E-state index is 0.0974. The Morgan fingerprint density at radius 2 is 2.24 bits per heavy atom. The number of pyridine rings is 2. The predicted octanol–water partition coefficient (Wildman–Crippen LogP) is 3.45. The van der Waals surface area contributed by atoms with Gasteiger partial charge in [-0.2, -0.15) is 0 Å². The van der Waals surface area contributed by atoms with E-state index in [4.69, 9.17) is 11.6 Å². The van der Waals surface area contributed by atoms with Gasteiger partial charge in [-0.3, -0.25) is 0 Å². The Morgan fingerprint density at radius 3 is 3.00 bits per heavy atom. The molecule has 0 aliphatic heterocycles. The number of rotatable bonds is 1. The minimum Gasteiger partial charge on any atom is -0.305 e. The zero-order valence-corrected chi connectivity index (χ0v) is 10.7. The molecule has 17 heavy (non-hydrogen) atoms. The normalized spacial score (nSPS) is 12.2. The molecule has 0 aliphatic carbocycles. The molecule has 0 bridgehead atoms. The van der Waals surface area contributed by atoms with Gasteiger partial charge in [-0.25, -0.2) is 14.4 Å². The monoisotopic (exact) mass is 267 g/mol. The fourth-order valence-corrected chi connectivity index (χ4v) is 2.93. The van der Waals surface area contributed by atoms with Crippen molar-refractivity contribution in [2.24, 2.45) is 0 Å². The summed E-state index contributed by atoms with van der Waals surface area (Å²) in [5.74, 6) is -0.473. The van der Waals surface area contributed by atoms with Crippen LogP contribution in [0, 0.1) is 5.82 Å². The summed E-state index contributed by atoms with van der Waals surface area (Å²) in [6, 6.07) is 3.64. The molecular weight excluding hydrogens is 260 g/mol. The van der Waals surface area contributed by atoms with Crippen molar-refractivity contribution in [3.05, 3.63) is 35.5 Å². The van der Waals surface area contributed by atoms with E-state index >= 15 is 0 Å². The number of nitrogens with zero attached hydrogens (tertiary/aromatic N) is 3. The third-order valence-corrected chi connectivity index (χ3v) is 3.85. The summed E-state index contributed by atoms with van der Waals surface area (Å²) in [5, 5.41) is 1.18. The lowest BCUT2D eigenvalue weighted by Crippen LogP contribution is -1.87. The fraction of sp³-hybridized carbons (Fsp3) is 0.0909. The average molecular weight is 268 g/mol. The molecule has 3 aromatic rings. The Labute approximate surface area is 103 Å². The maximum Gasteiger partial charge on any atom is 0.170 e. The summed E-state index contributed by atoms with van der Waals surface area (Å²) in [7, 11) is 0.460. The first-order valence-corrected chi connectivity index (χ1v) is 6.83. The van der Waals surface area contributed by atoms with Crippen molar-refractivity contribution in [1.29, 1.82) is 0 Å². The molecule has 0 radical (unpaired) electrons. The Balaban J connectivity index is 2.64. The van der Waals surface area contributed by atoms with E-state index in [0.717, 1.165) is 16.6 Å². The lowest BCUT2D eigenvalue weighted by molar-refractivity contribution is 0.635. The van der Waals surface area contributed by atoms with Crippen molar-refractivity contribution >= 4 is 42.3 Å². The summed E-state index contributed by atoms with van der Waals surface area (Å²) in [6.45, 7) is 2.01. The summed E-state index contributed by atoms with van der Waals surface area (Å²) in [4.78, 5) is 8.15. The molecular formula is C11H8ClFN3P. The van der Waals surface area contributed by atoms with Crippen LogP contribution >= 0.6 is 20.3 Å². The van der Waals surface area contributed by atoms with Crippen LogP contribution in [0.1, 0.15) is 0 Å². The van der Waals surface area contributed by atoms with Crippen molar-refractivity contribution in [2.45, 2.75) is 0 Å². The molecule has 1 atom stereocenters. The molecule has 1 unspecified atom stereocenters. The van der Waals surface area contributed by atoms with Crippen LogP contribution in [-0.2, 0) is 0 Å². The molecule has 0 N–H and O–H groups in total. The topological polar surface area (TPSA) is 30.7 Å². The maximum absolute atomic E-state index is 14.0. The molecule has 3 aromatic heterocycles. The van der Waals surface area contributed by atoms with E-state index in [2.05, 4.69) is 9.97 Å². The highest BCUT2D eigenvalue weighted by Crippen LogP contribution is 2.35. The van der Waals surface area contributed by atoms with Crippen LogP contribution in [0.2, 0.25) is 5.15 Å². The largest absolute Gasteiger partial charge is 0.305 e. The number of aromatic nitrogens is 3. The van der Waals surface area contributed by atoms with Gasteiger partial charge in [-0.05, 0) is 27.5 Å². The van der Waals surface area contributed by atoms with Crippen LogP contribution in [0.25, 0.3) is 21.9 Å². The molecule has 3 heterocycles. The first kappa shape index (κ1) is 10.9. The highest BCUT2D eigenvalue weighted by Gasteiger charge is 2.16. The fourth-order valence-electron chi connectivity index (χ4n) is 1.99. The summed E-state index contributed by atoms with van der Waals surface area (Å²) in [6.07, 6.45) is 3.30. The number of halogens is 2. The van der Waals surface area contributed by atoms with Gasteiger partial charge in [0.1, 0.15) is 5.65 Å². The molecule has 3 rings (SSSR count). The number of fused-ring (bicyclic) bond motifs is 3. The molecule has 0 saturated heterocycles. The summed E-state index contributed by atoms with van der Waals surface area (Å²) >= 11 is 5.73. The zero-order chi connectivity index (χ0) is 12.0. The Bertz CT molecular complexity index is 725. The van der Waals surface area contributed by atoms with Gasteiger partial charge < -0.3 is 4.34 Å². The molecule has 86 valence electrons. The second-order valence-corrected chi connectivity index (χ2v) is 4.81. The Hall–Kier alpha value is -1.25. The zero-order valence-electron chi connectivity index (χ0n) is 8.91. The molecule has 0 spiro atoms. The van der Waals surface area contributed by atoms with Gasteiger partial charge in [0.15, 0.2) is 11.0 Å². The molecule has 0 aromatic carbocycles. The number of hydrogen-bond acceptors (Lipinski definition) is 2. The van der Waals surface area contributed by atoms with Crippen LogP contribution in [0.4, 0.5) is 4.39 Å². The standard InChI is InChI=1S/C11H8ClFN3P/c1-17-16-7-5-15-10(12)9(13)8(7)6-3-2-4-14-11(6)16/h2-5,17H,1H3. The lowest BCUT2D eigenvalue weighted by atomic mass is 10.2. The van der Waals surface area contributed by atoms with Crippen molar-refractivity contribution < 1.29 is 4.39 Å². The van der Waals surface area contributed by atoms with E-state index < -0.39 is 5.82 Å². The minimum atomic E-state index is -0.473. The molecule has 0 aliphatic rings. The second-order valence-electron chi connectivity index (χ2n) is 3.56. The van der Waals surface area contributed by atoms with E-state index in [-0.39, 0.29) is 5.15 Å². The van der Waals surface area contributed by atoms with Gasteiger partial charge in [0.05, 0.1) is 17.1 Å². The predicted molar refractivity (Wildman–Crippen MR) is 69.6 cm³/mol. The van der Waals surface area contributed by atoms with Crippen LogP contribution in [0.5, 0.6) is 0 Å². The van der Waals surface area contributed by atoms with E-state index in [0.29, 0.717) is 14.1 Å². The summed E-state index contributed by atoms with van der Waals surface area (Å²) < 4.78 is 16.0. The highest BCUT2D eigenvalue weighted by molar-refractivity contribution is 7.35. The van der Waals surface area contributed by atoms with Gasteiger partial charge in [-0.1, -0.05) is 11.6 Å². The molecule has 6 heteroatoms. The molecule has 0 fully saturated rings. The quantitative estimate of drug-likeness (QED) is 0.499. The third-order valence-electron chi connectivity index (χ3n) is 2.69. The van der Waals surface area contributed by atoms with Crippen molar-refractivity contribution in [2.75, 3.05) is 6.66 Å². The van der Waals surface area contributed by atoms with Crippen LogP contribution in [-0.4, -0.2) is 21.0 Å².